The molecule has 3 aromatic rings. The molecule has 1 saturated heterocycles. The molecule has 0 radical (unpaired) electrons. The molecule has 4 rings (SSSR count). The number of amides is 1. The molecule has 3 N–H and O–H groups in total. The number of benzene rings is 2. The number of likely N-dealkylation sites (tertiary alicyclic amines) is 1. The molecule has 0 aliphatic carbocycles. The molecule has 1 fully saturated rings. The zero-order chi connectivity index (χ0) is 28.9. The standard InChI is InChI=1S/C29H34N7O3P/c1-6-27(37)32-23-16-24(25(39-3)15-21(23)19-11-13-36(2)14-12-19)34-29-31-18-20(17-30)28(35-29)33-22-9-7-8-10-26(22)40(4,5)38/h6-10,15-16,18-19H,1,11-14H2,2-5H3,(H,32,37)(H2,31,33,34,35). The van der Waals surface area contributed by atoms with Gasteiger partial charge in [-0.15, -0.1) is 0 Å². The van der Waals surface area contributed by atoms with E-state index in [2.05, 4.69) is 50.5 Å². The second kappa shape index (κ2) is 12.3. The van der Waals surface area contributed by atoms with Crippen LogP contribution in [0.3, 0.4) is 0 Å². The molecular formula is C29H34N7O3P. The third kappa shape index (κ3) is 6.68. The maximum Gasteiger partial charge on any atom is 0.247 e. The van der Waals surface area contributed by atoms with Crippen molar-refractivity contribution in [3.8, 4) is 11.8 Å². The van der Waals surface area contributed by atoms with Gasteiger partial charge in [0, 0.05) is 11.0 Å². The van der Waals surface area contributed by atoms with Crippen LogP contribution in [0.4, 0.5) is 28.8 Å². The van der Waals surface area contributed by atoms with Crippen LogP contribution >= 0.6 is 7.14 Å². The van der Waals surface area contributed by atoms with Crippen molar-refractivity contribution in [3.63, 3.8) is 0 Å². The van der Waals surface area contributed by atoms with Crippen molar-refractivity contribution in [1.29, 1.82) is 5.26 Å². The Hall–Kier alpha value is -4.19. The lowest BCUT2D eigenvalue weighted by molar-refractivity contribution is -0.111. The number of piperidine rings is 1. The van der Waals surface area contributed by atoms with Gasteiger partial charge in [0.15, 0.2) is 5.82 Å². The smallest absolute Gasteiger partial charge is 0.247 e. The van der Waals surface area contributed by atoms with E-state index in [1.165, 1.54) is 12.3 Å². The van der Waals surface area contributed by atoms with Crippen molar-refractivity contribution >= 4 is 47.2 Å². The molecule has 2 heterocycles. The summed E-state index contributed by atoms with van der Waals surface area (Å²) in [6, 6.07) is 13.1. The van der Waals surface area contributed by atoms with Gasteiger partial charge < -0.3 is 30.2 Å². The van der Waals surface area contributed by atoms with Crippen molar-refractivity contribution in [2.24, 2.45) is 0 Å². The predicted octanol–water partition coefficient (Wildman–Crippen LogP) is 5.03. The summed E-state index contributed by atoms with van der Waals surface area (Å²) >= 11 is 0. The fraction of sp³-hybridized carbons (Fsp3) is 0.310. The number of anilines is 5. The van der Waals surface area contributed by atoms with Crippen LogP contribution < -0.4 is 26.0 Å². The summed E-state index contributed by atoms with van der Waals surface area (Å²) in [6.45, 7) is 8.89. The highest BCUT2D eigenvalue weighted by Crippen LogP contribution is 2.41. The molecule has 0 bridgehead atoms. The number of carbonyl (C=O) groups excluding carboxylic acids is 1. The number of ether oxygens (including phenoxy) is 1. The topological polar surface area (TPSA) is 132 Å². The number of nitriles is 1. The number of hydrogen-bond donors (Lipinski definition) is 3. The number of methoxy groups -OCH3 is 1. The molecule has 1 amide bonds. The van der Waals surface area contributed by atoms with Crippen LogP contribution in [0, 0.1) is 11.3 Å². The van der Waals surface area contributed by atoms with Gasteiger partial charge in [0.2, 0.25) is 11.9 Å². The maximum atomic E-state index is 12.8. The number of nitrogens with one attached hydrogen (secondary N) is 3. The number of para-hydroxylation sites is 1. The van der Waals surface area contributed by atoms with Crippen LogP contribution in [-0.2, 0) is 9.36 Å². The largest absolute Gasteiger partial charge is 0.495 e. The lowest BCUT2D eigenvalue weighted by Crippen LogP contribution is -2.29. The first-order chi connectivity index (χ1) is 19.1. The third-order valence-corrected chi connectivity index (χ3v) is 8.42. The molecule has 40 heavy (non-hydrogen) atoms. The predicted molar refractivity (Wildman–Crippen MR) is 160 cm³/mol. The van der Waals surface area contributed by atoms with Crippen molar-refractivity contribution < 1.29 is 14.1 Å². The van der Waals surface area contributed by atoms with Crippen LogP contribution in [0.25, 0.3) is 0 Å². The zero-order valence-electron chi connectivity index (χ0n) is 23.2. The average Bonchev–Trinajstić information content (AvgIpc) is 2.93. The van der Waals surface area contributed by atoms with Gasteiger partial charge in [-0.25, -0.2) is 4.98 Å². The van der Waals surface area contributed by atoms with Gasteiger partial charge in [0.25, 0.3) is 0 Å². The Morgan fingerprint density at radius 3 is 2.55 bits per heavy atom. The Kier molecular flexibility index (Phi) is 8.88. The molecule has 0 atom stereocenters. The van der Waals surface area contributed by atoms with E-state index in [9.17, 15) is 14.6 Å². The molecule has 208 valence electrons. The van der Waals surface area contributed by atoms with Crippen LogP contribution in [0.2, 0.25) is 0 Å². The van der Waals surface area contributed by atoms with Crippen molar-refractivity contribution in [2.75, 3.05) is 56.5 Å². The van der Waals surface area contributed by atoms with E-state index in [4.69, 9.17) is 4.74 Å². The first-order valence-electron chi connectivity index (χ1n) is 12.9. The van der Waals surface area contributed by atoms with Gasteiger partial charge in [0.1, 0.15) is 24.5 Å². The van der Waals surface area contributed by atoms with E-state index in [0.29, 0.717) is 28.1 Å². The van der Waals surface area contributed by atoms with Crippen LogP contribution in [0.5, 0.6) is 5.75 Å². The summed E-state index contributed by atoms with van der Waals surface area (Å²) in [5.41, 5.74) is 3.03. The van der Waals surface area contributed by atoms with Crippen molar-refractivity contribution in [3.05, 3.63) is 66.4 Å². The van der Waals surface area contributed by atoms with Gasteiger partial charge in [-0.1, -0.05) is 18.7 Å². The molecule has 1 aliphatic heterocycles. The molecule has 2 aromatic carbocycles. The van der Waals surface area contributed by atoms with E-state index < -0.39 is 7.14 Å². The van der Waals surface area contributed by atoms with Crippen LogP contribution in [-0.4, -0.2) is 61.4 Å². The molecule has 10 nitrogen and oxygen atoms in total. The first-order valence-corrected chi connectivity index (χ1v) is 15.5. The number of carbonyl (C=O) groups is 1. The van der Waals surface area contributed by atoms with Gasteiger partial charge in [0.05, 0.1) is 24.7 Å². The summed E-state index contributed by atoms with van der Waals surface area (Å²) < 4.78 is 18.6. The Bertz CT molecular complexity index is 1500. The second-order valence-electron chi connectivity index (χ2n) is 10.1. The fourth-order valence-electron chi connectivity index (χ4n) is 4.73. The summed E-state index contributed by atoms with van der Waals surface area (Å²) in [4.78, 5) is 23.5. The summed E-state index contributed by atoms with van der Waals surface area (Å²) in [6.07, 6.45) is 4.57. The first kappa shape index (κ1) is 28.8. The molecule has 11 heteroatoms. The quantitative estimate of drug-likeness (QED) is 0.244. The molecular weight excluding hydrogens is 525 g/mol. The van der Waals surface area contributed by atoms with Crippen molar-refractivity contribution in [1.82, 2.24) is 14.9 Å². The monoisotopic (exact) mass is 559 g/mol. The van der Waals surface area contributed by atoms with Crippen molar-refractivity contribution in [2.45, 2.75) is 18.8 Å². The highest BCUT2D eigenvalue weighted by atomic mass is 31.2. The highest BCUT2D eigenvalue weighted by molar-refractivity contribution is 7.70. The average molecular weight is 560 g/mol. The summed E-state index contributed by atoms with van der Waals surface area (Å²) in [5, 5.41) is 19.6. The lowest BCUT2D eigenvalue weighted by atomic mass is 9.88. The van der Waals surface area contributed by atoms with Gasteiger partial charge >= 0.3 is 0 Å². The number of rotatable bonds is 9. The Morgan fingerprint density at radius 2 is 1.90 bits per heavy atom. The summed E-state index contributed by atoms with van der Waals surface area (Å²) in [5.74, 6) is 0.990. The van der Waals surface area contributed by atoms with E-state index >= 15 is 0 Å². The van der Waals surface area contributed by atoms with E-state index in [0.717, 1.165) is 31.5 Å². The van der Waals surface area contributed by atoms with Gasteiger partial charge in [-0.05, 0) is 88.1 Å². The SMILES string of the molecule is C=CC(=O)Nc1cc(Nc2ncc(C#N)c(Nc3ccccc3P(C)(C)=O)n2)c(OC)cc1C1CCN(C)CC1. The Morgan fingerprint density at radius 1 is 1.18 bits per heavy atom. The second-order valence-corrected chi connectivity index (χ2v) is 13.3. The van der Waals surface area contributed by atoms with Crippen LogP contribution in [0.15, 0.2) is 55.3 Å². The molecule has 0 saturated carbocycles. The van der Waals surface area contributed by atoms with Crippen LogP contribution in [0.1, 0.15) is 29.9 Å². The zero-order valence-corrected chi connectivity index (χ0v) is 24.1. The molecule has 0 unspecified atom stereocenters. The van der Waals surface area contributed by atoms with E-state index in [-0.39, 0.29) is 29.2 Å². The third-order valence-electron chi connectivity index (χ3n) is 6.87. The maximum absolute atomic E-state index is 12.8. The Labute approximate surface area is 234 Å². The highest BCUT2D eigenvalue weighted by Gasteiger charge is 2.24. The molecule has 0 spiro atoms. The van der Waals surface area contributed by atoms with E-state index in [1.54, 1.807) is 32.6 Å². The lowest BCUT2D eigenvalue weighted by Gasteiger charge is -2.31. The summed E-state index contributed by atoms with van der Waals surface area (Å²) in [7, 11) is 1.09. The Balaban J connectivity index is 1.71. The fourth-order valence-corrected chi connectivity index (χ4v) is 5.88. The minimum atomic E-state index is -2.60. The minimum Gasteiger partial charge on any atom is -0.495 e. The van der Waals surface area contributed by atoms with Gasteiger partial charge in [-0.3, -0.25) is 4.79 Å². The normalized spacial score (nSPS) is 14.2. The number of aromatic nitrogens is 2. The minimum absolute atomic E-state index is 0.210. The van der Waals surface area contributed by atoms with Gasteiger partial charge in [-0.2, -0.15) is 10.2 Å². The number of hydrogen-bond acceptors (Lipinski definition) is 9. The molecule has 1 aromatic heterocycles. The van der Waals surface area contributed by atoms with E-state index in [1.807, 2.05) is 24.3 Å². The molecule has 1 aliphatic rings. The number of nitrogens with zero attached hydrogens (tertiary/aromatic N) is 4.